The van der Waals surface area contributed by atoms with Gasteiger partial charge in [0.25, 0.3) is 0 Å². The number of nitrogens with two attached hydrogens (primary N) is 1. The molecule has 1 amide bonds. The minimum atomic E-state index is 0.0969. The quantitative estimate of drug-likeness (QED) is 0.798. The highest BCUT2D eigenvalue weighted by Gasteiger charge is 2.14. The van der Waals surface area contributed by atoms with Gasteiger partial charge in [0.15, 0.2) is 0 Å². The van der Waals surface area contributed by atoms with E-state index in [0.717, 1.165) is 24.1 Å². The first-order valence-electron chi connectivity index (χ1n) is 7.51. The van der Waals surface area contributed by atoms with Crippen LogP contribution in [-0.4, -0.2) is 12.5 Å². The summed E-state index contributed by atoms with van der Waals surface area (Å²) in [5.41, 5.74) is 8.87. The Hall–Kier alpha value is -1.35. The maximum Gasteiger partial charge on any atom is 0.224 e. The van der Waals surface area contributed by atoms with Crippen molar-refractivity contribution in [3.05, 3.63) is 29.3 Å². The van der Waals surface area contributed by atoms with Crippen molar-refractivity contribution in [2.45, 2.75) is 47.0 Å². The molecule has 0 fully saturated rings. The fourth-order valence-corrected chi connectivity index (χ4v) is 2.51. The lowest BCUT2D eigenvalue weighted by Gasteiger charge is -2.19. The van der Waals surface area contributed by atoms with E-state index in [0.29, 0.717) is 24.8 Å². The van der Waals surface area contributed by atoms with Gasteiger partial charge >= 0.3 is 0 Å². The molecule has 20 heavy (non-hydrogen) atoms. The number of amides is 1. The van der Waals surface area contributed by atoms with E-state index in [4.69, 9.17) is 5.73 Å². The monoisotopic (exact) mass is 276 g/mol. The van der Waals surface area contributed by atoms with Crippen molar-refractivity contribution in [1.82, 2.24) is 0 Å². The number of hydrogen-bond donors (Lipinski definition) is 2. The molecule has 3 heteroatoms. The lowest BCUT2D eigenvalue weighted by atomic mass is 9.88. The fourth-order valence-electron chi connectivity index (χ4n) is 2.51. The normalized spacial score (nSPS) is 12.5. The van der Waals surface area contributed by atoms with Crippen molar-refractivity contribution >= 4 is 11.6 Å². The number of aryl methyl sites for hydroxylation is 2. The third-order valence-electron chi connectivity index (χ3n) is 3.88. The molecule has 1 aromatic carbocycles. The summed E-state index contributed by atoms with van der Waals surface area (Å²) < 4.78 is 0. The van der Waals surface area contributed by atoms with Gasteiger partial charge in [-0.3, -0.25) is 4.79 Å². The van der Waals surface area contributed by atoms with E-state index in [-0.39, 0.29) is 5.91 Å². The number of nitrogens with one attached hydrogen (secondary N) is 1. The van der Waals surface area contributed by atoms with Crippen LogP contribution in [0, 0.1) is 25.7 Å². The number of carbonyl (C=O) groups is 1. The van der Waals surface area contributed by atoms with Crippen LogP contribution in [0.25, 0.3) is 0 Å². The molecule has 3 N–H and O–H groups in total. The smallest absolute Gasteiger partial charge is 0.224 e. The van der Waals surface area contributed by atoms with E-state index in [9.17, 15) is 4.79 Å². The van der Waals surface area contributed by atoms with Crippen LogP contribution >= 0.6 is 0 Å². The van der Waals surface area contributed by atoms with E-state index in [1.807, 2.05) is 19.1 Å². The van der Waals surface area contributed by atoms with Crippen molar-refractivity contribution < 1.29 is 4.79 Å². The molecule has 3 nitrogen and oxygen atoms in total. The summed E-state index contributed by atoms with van der Waals surface area (Å²) in [6.45, 7) is 9.17. The Labute approximate surface area is 122 Å². The molecule has 0 aliphatic carbocycles. The molecule has 0 aromatic heterocycles. The lowest BCUT2D eigenvalue weighted by molar-refractivity contribution is -0.116. The van der Waals surface area contributed by atoms with Gasteiger partial charge in [-0.05, 0) is 56.7 Å². The second kappa shape index (κ2) is 8.05. The zero-order chi connectivity index (χ0) is 15.1. The molecule has 1 atom stereocenters. The van der Waals surface area contributed by atoms with E-state index in [2.05, 4.69) is 32.2 Å². The average molecular weight is 276 g/mol. The van der Waals surface area contributed by atoms with E-state index < -0.39 is 0 Å². The number of carbonyl (C=O) groups excluding carboxylic acids is 1. The van der Waals surface area contributed by atoms with Crippen LogP contribution in [0.5, 0.6) is 0 Å². The minimum absolute atomic E-state index is 0.0969. The predicted molar refractivity (Wildman–Crippen MR) is 85.8 cm³/mol. The first-order valence-corrected chi connectivity index (χ1v) is 7.51. The molecule has 0 aliphatic heterocycles. The van der Waals surface area contributed by atoms with Crippen molar-refractivity contribution in [2.24, 2.45) is 17.6 Å². The minimum Gasteiger partial charge on any atom is -0.330 e. The predicted octanol–water partition coefficient (Wildman–Crippen LogP) is 3.64. The summed E-state index contributed by atoms with van der Waals surface area (Å²) in [6, 6.07) is 6.08. The summed E-state index contributed by atoms with van der Waals surface area (Å²) in [4.78, 5) is 12.0. The zero-order valence-corrected chi connectivity index (χ0v) is 13.2. The Morgan fingerprint density at radius 3 is 2.50 bits per heavy atom. The van der Waals surface area contributed by atoms with Gasteiger partial charge in [0.05, 0.1) is 0 Å². The third kappa shape index (κ3) is 5.33. The van der Waals surface area contributed by atoms with Gasteiger partial charge in [-0.2, -0.15) is 0 Å². The van der Waals surface area contributed by atoms with Gasteiger partial charge in [0.1, 0.15) is 0 Å². The molecular weight excluding hydrogens is 248 g/mol. The van der Waals surface area contributed by atoms with Crippen LogP contribution in [0.4, 0.5) is 5.69 Å². The Morgan fingerprint density at radius 2 is 1.95 bits per heavy atom. The third-order valence-corrected chi connectivity index (χ3v) is 3.88. The lowest BCUT2D eigenvalue weighted by Crippen LogP contribution is -2.18. The SMILES string of the molecule is Cc1ccc(NC(=O)CCC(CCN)C(C)C)c(C)c1. The van der Waals surface area contributed by atoms with Gasteiger partial charge in [-0.1, -0.05) is 31.5 Å². The van der Waals surface area contributed by atoms with Crippen LogP contribution in [0.1, 0.15) is 44.2 Å². The molecule has 0 radical (unpaired) electrons. The van der Waals surface area contributed by atoms with Crippen molar-refractivity contribution in [1.29, 1.82) is 0 Å². The number of benzene rings is 1. The van der Waals surface area contributed by atoms with Crippen LogP contribution in [0.3, 0.4) is 0 Å². The first kappa shape index (κ1) is 16.7. The molecule has 112 valence electrons. The van der Waals surface area contributed by atoms with Crippen molar-refractivity contribution in [2.75, 3.05) is 11.9 Å². The molecule has 0 bridgehead atoms. The summed E-state index contributed by atoms with van der Waals surface area (Å²) in [5, 5.41) is 3.00. The number of anilines is 1. The zero-order valence-electron chi connectivity index (χ0n) is 13.2. The van der Waals surface area contributed by atoms with E-state index in [1.54, 1.807) is 0 Å². The van der Waals surface area contributed by atoms with Gasteiger partial charge in [0, 0.05) is 12.1 Å². The first-order chi connectivity index (χ1) is 9.43. The Bertz CT molecular complexity index is 441. The molecule has 0 spiro atoms. The standard InChI is InChI=1S/C17H28N2O/c1-12(2)15(9-10-18)6-8-17(20)19-16-7-5-13(3)11-14(16)4/h5,7,11-12,15H,6,8-10,18H2,1-4H3,(H,19,20). The average Bonchev–Trinajstić information content (AvgIpc) is 2.37. The summed E-state index contributed by atoms with van der Waals surface area (Å²) in [5.74, 6) is 1.21. The largest absolute Gasteiger partial charge is 0.330 e. The van der Waals surface area contributed by atoms with Crippen LogP contribution in [0.15, 0.2) is 18.2 Å². The van der Waals surface area contributed by atoms with Gasteiger partial charge < -0.3 is 11.1 Å². The van der Waals surface area contributed by atoms with Crippen molar-refractivity contribution in [3.63, 3.8) is 0 Å². The molecule has 1 rings (SSSR count). The highest BCUT2D eigenvalue weighted by molar-refractivity contribution is 5.91. The van der Waals surface area contributed by atoms with E-state index in [1.165, 1.54) is 5.56 Å². The number of rotatable bonds is 7. The maximum absolute atomic E-state index is 12.0. The molecule has 0 saturated carbocycles. The Morgan fingerprint density at radius 1 is 1.25 bits per heavy atom. The molecular formula is C17H28N2O. The summed E-state index contributed by atoms with van der Waals surface area (Å²) >= 11 is 0. The second-order valence-corrected chi connectivity index (χ2v) is 5.99. The van der Waals surface area contributed by atoms with Crippen LogP contribution in [-0.2, 0) is 4.79 Å². The molecule has 0 saturated heterocycles. The highest BCUT2D eigenvalue weighted by atomic mass is 16.1. The maximum atomic E-state index is 12.0. The van der Waals surface area contributed by atoms with Crippen molar-refractivity contribution in [3.8, 4) is 0 Å². The van der Waals surface area contributed by atoms with E-state index >= 15 is 0 Å². The fraction of sp³-hybridized carbons (Fsp3) is 0.588. The van der Waals surface area contributed by atoms with Gasteiger partial charge in [0.2, 0.25) is 5.91 Å². The van der Waals surface area contributed by atoms with Gasteiger partial charge in [-0.15, -0.1) is 0 Å². The summed E-state index contributed by atoms with van der Waals surface area (Å²) in [7, 11) is 0. The number of hydrogen-bond acceptors (Lipinski definition) is 2. The Balaban J connectivity index is 2.51. The molecule has 0 aliphatic rings. The highest BCUT2D eigenvalue weighted by Crippen LogP contribution is 2.21. The van der Waals surface area contributed by atoms with Gasteiger partial charge in [-0.25, -0.2) is 0 Å². The van der Waals surface area contributed by atoms with Crippen LogP contribution in [0.2, 0.25) is 0 Å². The molecule has 1 unspecified atom stereocenters. The summed E-state index contributed by atoms with van der Waals surface area (Å²) in [6.07, 6.45) is 2.47. The molecule has 1 aromatic rings. The second-order valence-electron chi connectivity index (χ2n) is 5.99. The Kier molecular flexibility index (Phi) is 6.73. The van der Waals surface area contributed by atoms with Crippen LogP contribution < -0.4 is 11.1 Å². The molecule has 0 heterocycles. The topological polar surface area (TPSA) is 55.1 Å².